The number of hydrogen-bond acceptors (Lipinski definition) is 9. The van der Waals surface area contributed by atoms with Crippen molar-refractivity contribution in [2.24, 2.45) is 0 Å². The summed E-state index contributed by atoms with van der Waals surface area (Å²) in [7, 11) is 0. The molecule has 1 aromatic heterocycles. The van der Waals surface area contributed by atoms with Crippen molar-refractivity contribution in [3.05, 3.63) is 113 Å². The summed E-state index contributed by atoms with van der Waals surface area (Å²) < 4.78 is 42.1. The van der Waals surface area contributed by atoms with Crippen LogP contribution in [-0.2, 0) is 25.6 Å². The van der Waals surface area contributed by atoms with Crippen LogP contribution in [0, 0.1) is 17.5 Å². The SMILES string of the molecule is O=C1CCC(Nc2ccc(N3CCN(C(=O)CCCCCC(=O)N4CCC(Nc5cc(F)ccc5C(=O)Nc5n[nH]c6ccc(Cc7cc(F)cc(F)c7)cc56)CC4)CC3)cc2)C(=O)N1. The lowest BCUT2D eigenvalue weighted by Gasteiger charge is -2.36. The quantitative estimate of drug-likeness (QED) is 0.0564. The number of aromatic nitrogens is 2. The number of imide groups is 1. The van der Waals surface area contributed by atoms with Gasteiger partial charge < -0.3 is 30.7 Å². The van der Waals surface area contributed by atoms with E-state index in [-0.39, 0.29) is 47.5 Å². The fourth-order valence-corrected chi connectivity index (χ4v) is 8.78. The Labute approximate surface area is 374 Å². The van der Waals surface area contributed by atoms with Crippen LogP contribution >= 0.6 is 0 Å². The molecule has 3 fully saturated rings. The second-order valence-corrected chi connectivity index (χ2v) is 17.0. The Balaban J connectivity index is 0.735. The van der Waals surface area contributed by atoms with Crippen molar-refractivity contribution in [2.75, 3.05) is 60.1 Å². The maximum absolute atomic E-state index is 14.5. The first-order valence-electron chi connectivity index (χ1n) is 22.2. The van der Waals surface area contributed by atoms with Crippen LogP contribution in [0.5, 0.6) is 0 Å². The summed E-state index contributed by atoms with van der Waals surface area (Å²) in [5, 5.41) is 19.5. The van der Waals surface area contributed by atoms with Gasteiger partial charge >= 0.3 is 0 Å². The average Bonchev–Trinajstić information content (AvgIpc) is 3.68. The van der Waals surface area contributed by atoms with Crippen LogP contribution < -0.4 is 26.2 Å². The number of hydrogen-bond donors (Lipinski definition) is 5. The molecule has 17 heteroatoms. The highest BCUT2D eigenvalue weighted by Gasteiger charge is 2.28. The molecule has 3 saturated heterocycles. The van der Waals surface area contributed by atoms with E-state index in [2.05, 4.69) is 36.4 Å². The molecule has 65 heavy (non-hydrogen) atoms. The largest absolute Gasteiger partial charge is 0.381 e. The number of unbranched alkanes of at least 4 members (excludes halogenated alkanes) is 2. The minimum atomic E-state index is -0.664. The topological polar surface area (TPSA) is 172 Å². The number of piperazine rings is 1. The molecule has 0 radical (unpaired) electrons. The summed E-state index contributed by atoms with van der Waals surface area (Å²) in [6, 6.07) is 19.9. The molecule has 0 spiro atoms. The van der Waals surface area contributed by atoms with E-state index in [4.69, 9.17) is 0 Å². The number of carbonyl (C=O) groups excluding carboxylic acids is 5. The van der Waals surface area contributed by atoms with E-state index in [0.717, 1.165) is 29.4 Å². The Kier molecular flexibility index (Phi) is 13.9. The molecular weight excluding hydrogens is 840 g/mol. The second-order valence-electron chi connectivity index (χ2n) is 17.0. The summed E-state index contributed by atoms with van der Waals surface area (Å²) >= 11 is 0. The number of rotatable bonds is 15. The van der Waals surface area contributed by atoms with Gasteiger partial charge in [-0.1, -0.05) is 12.5 Å². The van der Waals surface area contributed by atoms with Crippen LogP contribution in [0.2, 0.25) is 0 Å². The minimum absolute atomic E-state index is 0.0639. The molecule has 3 aliphatic heterocycles. The number of carbonyl (C=O) groups is 5. The Bertz CT molecular complexity index is 2530. The summed E-state index contributed by atoms with van der Waals surface area (Å²) in [5.41, 5.74) is 4.26. The molecule has 1 unspecified atom stereocenters. The predicted molar refractivity (Wildman–Crippen MR) is 241 cm³/mol. The third kappa shape index (κ3) is 11.4. The van der Waals surface area contributed by atoms with Gasteiger partial charge in [-0.15, -0.1) is 0 Å². The van der Waals surface area contributed by atoms with Gasteiger partial charge in [0.15, 0.2) is 5.82 Å². The number of nitrogens with one attached hydrogen (secondary N) is 5. The maximum atomic E-state index is 14.5. The Morgan fingerprint density at radius 1 is 0.692 bits per heavy atom. The number of benzene rings is 4. The zero-order valence-corrected chi connectivity index (χ0v) is 35.9. The van der Waals surface area contributed by atoms with Gasteiger partial charge in [-0.3, -0.25) is 34.4 Å². The lowest BCUT2D eigenvalue weighted by Crippen LogP contribution is -2.48. The maximum Gasteiger partial charge on any atom is 0.258 e. The van der Waals surface area contributed by atoms with Crippen molar-refractivity contribution < 1.29 is 37.1 Å². The first-order chi connectivity index (χ1) is 31.4. The van der Waals surface area contributed by atoms with Crippen molar-refractivity contribution in [1.29, 1.82) is 0 Å². The summed E-state index contributed by atoms with van der Waals surface area (Å²) in [6.07, 6.45) is 5.26. The van der Waals surface area contributed by atoms with E-state index in [1.807, 2.05) is 40.1 Å². The van der Waals surface area contributed by atoms with Gasteiger partial charge in [-0.05, 0) is 116 Å². The van der Waals surface area contributed by atoms with E-state index in [1.165, 1.54) is 30.3 Å². The first kappa shape index (κ1) is 44.7. The number of H-pyrrole nitrogens is 1. The number of fused-ring (bicyclic) bond motifs is 1. The van der Waals surface area contributed by atoms with Crippen LogP contribution in [0.4, 0.5) is 36.1 Å². The smallest absolute Gasteiger partial charge is 0.258 e. The summed E-state index contributed by atoms with van der Waals surface area (Å²) in [6.45, 7) is 3.72. The molecule has 5 amide bonds. The normalized spacial score (nSPS) is 17.0. The number of anilines is 4. The van der Waals surface area contributed by atoms with Crippen molar-refractivity contribution in [3.63, 3.8) is 0 Å². The number of amides is 5. The molecule has 4 aromatic carbocycles. The van der Waals surface area contributed by atoms with Gasteiger partial charge in [0, 0.05) is 87.4 Å². The average molecular weight is 892 g/mol. The number of nitrogens with zero attached hydrogens (tertiary/aromatic N) is 4. The van der Waals surface area contributed by atoms with Gasteiger partial charge in [0.2, 0.25) is 23.6 Å². The van der Waals surface area contributed by atoms with Gasteiger partial charge in [-0.2, -0.15) is 5.10 Å². The molecule has 340 valence electrons. The van der Waals surface area contributed by atoms with Crippen LogP contribution in [0.3, 0.4) is 0 Å². The monoisotopic (exact) mass is 891 g/mol. The van der Waals surface area contributed by atoms with Crippen molar-refractivity contribution in [1.82, 2.24) is 25.3 Å². The Morgan fingerprint density at radius 3 is 2.08 bits per heavy atom. The molecule has 3 aliphatic rings. The van der Waals surface area contributed by atoms with Gasteiger partial charge in [0.25, 0.3) is 5.91 Å². The molecule has 0 bridgehead atoms. The highest BCUT2D eigenvalue weighted by Crippen LogP contribution is 2.28. The van der Waals surface area contributed by atoms with E-state index in [9.17, 15) is 37.1 Å². The van der Waals surface area contributed by atoms with Crippen LogP contribution in [0.1, 0.15) is 79.3 Å². The van der Waals surface area contributed by atoms with Crippen LogP contribution in [-0.4, -0.2) is 101 Å². The zero-order valence-electron chi connectivity index (χ0n) is 35.9. The second kappa shape index (κ2) is 20.3. The molecule has 4 heterocycles. The van der Waals surface area contributed by atoms with Gasteiger partial charge in [0.05, 0.1) is 16.8 Å². The highest BCUT2D eigenvalue weighted by molar-refractivity contribution is 6.10. The predicted octanol–water partition coefficient (Wildman–Crippen LogP) is 6.74. The molecular formula is C48H52F3N9O5. The number of piperidine rings is 2. The van der Waals surface area contributed by atoms with Crippen LogP contribution in [0.25, 0.3) is 10.9 Å². The van der Waals surface area contributed by atoms with Gasteiger partial charge in [-0.25, -0.2) is 13.2 Å². The number of halogens is 3. The molecule has 14 nitrogen and oxygen atoms in total. The minimum Gasteiger partial charge on any atom is -0.381 e. The Morgan fingerprint density at radius 2 is 1.38 bits per heavy atom. The molecule has 8 rings (SSSR count). The standard InChI is InChI=1S/C48H52F3N9O5/c49-32-7-12-38(47(64)55-46-39-27-30(6-13-40(39)56-57-46)24-31-25-33(50)28-34(51)26-31)42(29-32)53-36-16-18-59(19-17-36)44(62)4-2-1-3-5-45(63)60-22-20-58(21-23-60)37-10-8-35(9-11-37)52-41-14-15-43(61)54-48(41)65/h6-13,25-29,36,41,52-53H,1-5,14-24H2,(H,54,61,65)(H2,55,56,57,64). The molecule has 0 aliphatic carbocycles. The molecule has 1 atom stereocenters. The molecule has 5 N–H and O–H groups in total. The zero-order chi connectivity index (χ0) is 45.5. The lowest BCUT2D eigenvalue weighted by atomic mass is 10.0. The molecule has 5 aromatic rings. The van der Waals surface area contributed by atoms with Gasteiger partial charge in [0.1, 0.15) is 23.5 Å². The third-order valence-electron chi connectivity index (χ3n) is 12.3. The highest BCUT2D eigenvalue weighted by atomic mass is 19.1. The number of likely N-dealkylation sites (tertiary alicyclic amines) is 1. The lowest BCUT2D eigenvalue weighted by molar-refractivity contribution is -0.134. The summed E-state index contributed by atoms with van der Waals surface area (Å²) in [5.74, 6) is -2.45. The van der Waals surface area contributed by atoms with Crippen LogP contribution in [0.15, 0.2) is 78.9 Å². The van der Waals surface area contributed by atoms with E-state index in [0.29, 0.717) is 113 Å². The van der Waals surface area contributed by atoms with E-state index in [1.54, 1.807) is 12.1 Å². The first-order valence-corrected chi connectivity index (χ1v) is 22.2. The third-order valence-corrected chi connectivity index (χ3v) is 12.3. The fraction of sp³-hybridized carbons (Fsp3) is 0.375. The number of aromatic amines is 1. The van der Waals surface area contributed by atoms with E-state index >= 15 is 0 Å². The van der Waals surface area contributed by atoms with Crippen molar-refractivity contribution >= 4 is 63.3 Å². The van der Waals surface area contributed by atoms with E-state index < -0.39 is 29.4 Å². The van der Waals surface area contributed by atoms with Crippen molar-refractivity contribution in [2.45, 2.75) is 76.3 Å². The fourth-order valence-electron chi connectivity index (χ4n) is 8.78. The summed E-state index contributed by atoms with van der Waals surface area (Å²) in [4.78, 5) is 69.2. The molecule has 0 saturated carbocycles. The van der Waals surface area contributed by atoms with Crippen molar-refractivity contribution in [3.8, 4) is 0 Å². The Hall–Kier alpha value is -6.91.